The molecule has 3 aromatic carbocycles. The zero-order valence-electron chi connectivity index (χ0n) is 17.6. The molecule has 31 heavy (non-hydrogen) atoms. The molecule has 160 valence electrons. The SMILES string of the molecule is CCCOc1ccc(NC(=O)C2(c3ccc([N+](=O)[O-])cc3)CCCC2)c2ccccc12. The van der Waals surface area contributed by atoms with Crippen LogP contribution in [-0.2, 0) is 10.2 Å². The van der Waals surface area contributed by atoms with Crippen LogP contribution < -0.4 is 10.1 Å². The summed E-state index contributed by atoms with van der Waals surface area (Å²) in [5, 5.41) is 16.1. The van der Waals surface area contributed by atoms with Crippen molar-refractivity contribution in [3.05, 3.63) is 76.3 Å². The fourth-order valence-corrected chi connectivity index (χ4v) is 4.49. The highest BCUT2D eigenvalue weighted by Crippen LogP contribution is 2.43. The molecule has 1 amide bonds. The summed E-state index contributed by atoms with van der Waals surface area (Å²) in [6.07, 6.45) is 4.28. The number of nitro benzene ring substituents is 1. The summed E-state index contributed by atoms with van der Waals surface area (Å²) >= 11 is 0. The van der Waals surface area contributed by atoms with Crippen LogP contribution >= 0.6 is 0 Å². The quantitative estimate of drug-likeness (QED) is 0.378. The molecule has 0 bridgehead atoms. The predicted molar refractivity (Wildman–Crippen MR) is 122 cm³/mol. The lowest BCUT2D eigenvalue weighted by atomic mass is 9.78. The molecular weight excluding hydrogens is 392 g/mol. The van der Waals surface area contributed by atoms with E-state index < -0.39 is 10.3 Å². The number of nitro groups is 1. The maximum atomic E-state index is 13.6. The van der Waals surface area contributed by atoms with Gasteiger partial charge in [-0.1, -0.05) is 56.2 Å². The first kappa shape index (κ1) is 20.8. The zero-order chi connectivity index (χ0) is 21.8. The molecule has 1 aliphatic rings. The molecule has 1 N–H and O–H groups in total. The predicted octanol–water partition coefficient (Wildman–Crippen LogP) is 5.99. The molecule has 6 heteroatoms. The Hall–Kier alpha value is -3.41. The van der Waals surface area contributed by atoms with E-state index in [1.165, 1.54) is 12.1 Å². The average Bonchev–Trinajstić information content (AvgIpc) is 3.30. The standard InChI is InChI=1S/C25H26N2O4/c1-2-17-31-23-14-13-22(20-7-3-4-8-21(20)23)26-24(28)25(15-5-6-16-25)18-9-11-19(12-10-18)27(29)30/h3-4,7-14H,2,5-6,15-17H2,1H3,(H,26,28). The van der Waals surface area contributed by atoms with Crippen molar-refractivity contribution >= 4 is 28.1 Å². The number of nitrogens with one attached hydrogen (secondary N) is 1. The van der Waals surface area contributed by atoms with E-state index in [2.05, 4.69) is 12.2 Å². The Labute approximate surface area is 181 Å². The van der Waals surface area contributed by atoms with Gasteiger partial charge in [0.25, 0.3) is 5.69 Å². The third-order valence-electron chi connectivity index (χ3n) is 6.12. The van der Waals surface area contributed by atoms with Crippen molar-refractivity contribution in [3.63, 3.8) is 0 Å². The minimum Gasteiger partial charge on any atom is -0.493 e. The molecule has 0 atom stereocenters. The Morgan fingerprint density at radius 3 is 2.35 bits per heavy atom. The van der Waals surface area contributed by atoms with E-state index in [-0.39, 0.29) is 11.6 Å². The van der Waals surface area contributed by atoms with Gasteiger partial charge in [0.15, 0.2) is 0 Å². The second kappa shape index (κ2) is 8.76. The number of nitrogens with zero attached hydrogens (tertiary/aromatic N) is 1. The highest BCUT2D eigenvalue weighted by Gasteiger charge is 2.43. The third kappa shape index (κ3) is 3.98. The van der Waals surface area contributed by atoms with E-state index in [0.29, 0.717) is 6.61 Å². The van der Waals surface area contributed by atoms with E-state index in [4.69, 9.17) is 4.74 Å². The number of benzene rings is 3. The van der Waals surface area contributed by atoms with Gasteiger partial charge in [-0.3, -0.25) is 14.9 Å². The van der Waals surface area contributed by atoms with E-state index >= 15 is 0 Å². The first-order chi connectivity index (χ1) is 15.0. The van der Waals surface area contributed by atoms with Gasteiger partial charge < -0.3 is 10.1 Å². The molecule has 1 saturated carbocycles. The molecule has 4 rings (SSSR count). The van der Waals surface area contributed by atoms with Crippen molar-refractivity contribution in [3.8, 4) is 5.75 Å². The molecular formula is C25H26N2O4. The molecule has 0 heterocycles. The Balaban J connectivity index is 1.67. The fourth-order valence-electron chi connectivity index (χ4n) is 4.49. The zero-order valence-corrected chi connectivity index (χ0v) is 17.6. The minimum atomic E-state index is -0.673. The highest BCUT2D eigenvalue weighted by molar-refractivity contribution is 6.07. The number of carbonyl (C=O) groups is 1. The number of rotatable bonds is 7. The maximum absolute atomic E-state index is 13.6. The first-order valence-corrected chi connectivity index (χ1v) is 10.8. The van der Waals surface area contributed by atoms with Crippen LogP contribution in [0.25, 0.3) is 10.8 Å². The molecule has 0 spiro atoms. The number of ether oxygens (including phenoxy) is 1. The van der Waals surface area contributed by atoms with Crippen LogP contribution in [0.5, 0.6) is 5.75 Å². The lowest BCUT2D eigenvalue weighted by molar-refractivity contribution is -0.384. The summed E-state index contributed by atoms with van der Waals surface area (Å²) in [7, 11) is 0. The van der Waals surface area contributed by atoms with E-state index in [1.807, 2.05) is 36.4 Å². The highest BCUT2D eigenvalue weighted by atomic mass is 16.6. The van der Waals surface area contributed by atoms with Crippen molar-refractivity contribution in [2.24, 2.45) is 0 Å². The van der Waals surface area contributed by atoms with Crippen molar-refractivity contribution < 1.29 is 14.5 Å². The summed E-state index contributed by atoms with van der Waals surface area (Å²) in [5.41, 5.74) is 0.942. The first-order valence-electron chi connectivity index (χ1n) is 10.8. The van der Waals surface area contributed by atoms with Crippen LogP contribution in [0.15, 0.2) is 60.7 Å². The van der Waals surface area contributed by atoms with Crippen molar-refractivity contribution in [2.75, 3.05) is 11.9 Å². The van der Waals surface area contributed by atoms with Crippen LogP contribution in [0, 0.1) is 10.1 Å². The van der Waals surface area contributed by atoms with Crippen molar-refractivity contribution in [1.82, 2.24) is 0 Å². The maximum Gasteiger partial charge on any atom is 0.269 e. The monoisotopic (exact) mass is 418 g/mol. The molecule has 6 nitrogen and oxygen atoms in total. The van der Waals surface area contributed by atoms with Gasteiger partial charge in [-0.15, -0.1) is 0 Å². The summed E-state index contributed by atoms with van der Waals surface area (Å²) in [6.45, 7) is 2.70. The summed E-state index contributed by atoms with van der Waals surface area (Å²) in [6, 6.07) is 18.1. The molecule has 0 aromatic heterocycles. The molecule has 0 radical (unpaired) electrons. The van der Waals surface area contributed by atoms with Gasteiger partial charge in [0.1, 0.15) is 5.75 Å². The van der Waals surface area contributed by atoms with Crippen LogP contribution in [0.2, 0.25) is 0 Å². The molecule has 3 aromatic rings. The van der Waals surface area contributed by atoms with Crippen LogP contribution in [0.3, 0.4) is 0 Å². The largest absolute Gasteiger partial charge is 0.493 e. The van der Waals surface area contributed by atoms with E-state index in [9.17, 15) is 14.9 Å². The van der Waals surface area contributed by atoms with Gasteiger partial charge in [-0.2, -0.15) is 0 Å². The number of hydrogen-bond donors (Lipinski definition) is 1. The Morgan fingerprint density at radius 2 is 1.71 bits per heavy atom. The number of carbonyl (C=O) groups excluding carboxylic acids is 1. The minimum absolute atomic E-state index is 0.0333. The normalized spacial score (nSPS) is 15.0. The van der Waals surface area contributed by atoms with Gasteiger partial charge in [0, 0.05) is 28.6 Å². The molecule has 0 saturated heterocycles. The number of non-ortho nitro benzene ring substituents is 1. The van der Waals surface area contributed by atoms with Gasteiger partial charge in [-0.25, -0.2) is 0 Å². The smallest absolute Gasteiger partial charge is 0.269 e. The van der Waals surface area contributed by atoms with E-state index in [0.717, 1.165) is 59.9 Å². The van der Waals surface area contributed by atoms with Gasteiger partial charge in [0.05, 0.1) is 16.9 Å². The summed E-state index contributed by atoms with van der Waals surface area (Å²) < 4.78 is 5.88. The number of hydrogen-bond acceptors (Lipinski definition) is 4. The number of anilines is 1. The van der Waals surface area contributed by atoms with Crippen LogP contribution in [0.1, 0.15) is 44.6 Å². The average molecular weight is 418 g/mol. The van der Waals surface area contributed by atoms with Crippen LogP contribution in [-0.4, -0.2) is 17.4 Å². The van der Waals surface area contributed by atoms with Gasteiger partial charge in [0.2, 0.25) is 5.91 Å². The lowest BCUT2D eigenvalue weighted by Gasteiger charge is -2.28. The Kier molecular flexibility index (Phi) is 5.89. The molecule has 1 fully saturated rings. The van der Waals surface area contributed by atoms with Crippen LogP contribution in [0.4, 0.5) is 11.4 Å². The van der Waals surface area contributed by atoms with Gasteiger partial charge >= 0.3 is 0 Å². The fraction of sp³-hybridized carbons (Fsp3) is 0.320. The second-order valence-electron chi connectivity index (χ2n) is 8.05. The molecule has 0 aliphatic heterocycles. The van der Waals surface area contributed by atoms with Crippen molar-refractivity contribution in [2.45, 2.75) is 44.4 Å². The van der Waals surface area contributed by atoms with E-state index in [1.54, 1.807) is 12.1 Å². The second-order valence-corrected chi connectivity index (χ2v) is 8.05. The molecule has 1 aliphatic carbocycles. The number of amides is 1. The molecule has 0 unspecified atom stereocenters. The lowest BCUT2D eigenvalue weighted by Crippen LogP contribution is -2.38. The van der Waals surface area contributed by atoms with Crippen molar-refractivity contribution in [1.29, 1.82) is 0 Å². The third-order valence-corrected chi connectivity index (χ3v) is 6.12. The summed E-state index contributed by atoms with van der Waals surface area (Å²) in [5.74, 6) is 0.743. The van der Waals surface area contributed by atoms with Gasteiger partial charge in [-0.05, 0) is 37.0 Å². The Morgan fingerprint density at radius 1 is 1.03 bits per heavy atom. The topological polar surface area (TPSA) is 81.5 Å². The number of fused-ring (bicyclic) bond motifs is 1. The Bertz CT molecular complexity index is 1100. The summed E-state index contributed by atoms with van der Waals surface area (Å²) in [4.78, 5) is 24.2.